The molecule has 1 heterocycles. The summed E-state index contributed by atoms with van der Waals surface area (Å²) in [6, 6.07) is 0. The monoisotopic (exact) mass is 254 g/mol. The van der Waals surface area contributed by atoms with Crippen LogP contribution in [0.2, 0.25) is 0 Å². The van der Waals surface area contributed by atoms with Crippen LogP contribution in [0, 0.1) is 0 Å². The first-order valence-electron chi connectivity index (χ1n) is 5.68. The normalized spacial score (nSPS) is 29.8. The Bertz CT molecular complexity index is 424. The van der Waals surface area contributed by atoms with Gasteiger partial charge in [0.1, 0.15) is 12.7 Å². The maximum Gasteiger partial charge on any atom is 0.303 e. The van der Waals surface area contributed by atoms with Gasteiger partial charge in [0.2, 0.25) is 0 Å². The van der Waals surface area contributed by atoms with E-state index in [0.717, 1.165) is 0 Å². The highest BCUT2D eigenvalue weighted by atomic mass is 16.6. The average Bonchev–Trinajstić information content (AvgIpc) is 2.27. The highest BCUT2D eigenvalue weighted by Gasteiger charge is 2.43. The van der Waals surface area contributed by atoms with Crippen LogP contribution in [-0.4, -0.2) is 42.6 Å². The Morgan fingerprint density at radius 3 is 2.67 bits per heavy atom. The standard InChI is InChI=1S/C12H14O6/c1-6(13)16-5-12-11(17-7(2)14)3-8-9(15)4-10(8)18-12/h3,10-12H,4-5H2,1-2H3/t10-,11+,12-/m1/s1. The highest BCUT2D eigenvalue weighted by molar-refractivity contribution is 6.04. The zero-order chi connectivity index (χ0) is 13.3. The summed E-state index contributed by atoms with van der Waals surface area (Å²) < 4.78 is 15.5. The predicted octanol–water partition coefficient (Wildman–Crippen LogP) is 0.148. The largest absolute Gasteiger partial charge is 0.463 e. The van der Waals surface area contributed by atoms with Crippen molar-refractivity contribution in [2.45, 2.75) is 38.6 Å². The Labute approximate surface area is 104 Å². The lowest BCUT2D eigenvalue weighted by Gasteiger charge is -2.39. The molecule has 0 aromatic heterocycles. The molecule has 6 heteroatoms. The van der Waals surface area contributed by atoms with E-state index in [9.17, 15) is 14.4 Å². The summed E-state index contributed by atoms with van der Waals surface area (Å²) in [7, 11) is 0. The Morgan fingerprint density at radius 1 is 1.39 bits per heavy atom. The molecular formula is C12H14O6. The van der Waals surface area contributed by atoms with Gasteiger partial charge in [0.25, 0.3) is 0 Å². The van der Waals surface area contributed by atoms with Crippen LogP contribution in [0.5, 0.6) is 0 Å². The molecule has 0 spiro atoms. The van der Waals surface area contributed by atoms with Crippen molar-refractivity contribution in [3.63, 3.8) is 0 Å². The van der Waals surface area contributed by atoms with E-state index in [1.165, 1.54) is 13.8 Å². The van der Waals surface area contributed by atoms with Crippen molar-refractivity contribution >= 4 is 17.7 Å². The van der Waals surface area contributed by atoms with E-state index < -0.39 is 24.1 Å². The minimum Gasteiger partial charge on any atom is -0.463 e. The highest BCUT2D eigenvalue weighted by Crippen LogP contribution is 2.33. The second-order valence-corrected chi connectivity index (χ2v) is 4.29. The molecule has 1 fully saturated rings. The molecular weight excluding hydrogens is 240 g/mol. The van der Waals surface area contributed by atoms with Crippen molar-refractivity contribution in [1.82, 2.24) is 0 Å². The lowest BCUT2D eigenvalue weighted by Crippen LogP contribution is -2.49. The first-order chi connectivity index (χ1) is 8.47. The Morgan fingerprint density at radius 2 is 2.11 bits per heavy atom. The summed E-state index contributed by atoms with van der Waals surface area (Å²) in [6.45, 7) is 2.57. The van der Waals surface area contributed by atoms with Gasteiger partial charge in [0, 0.05) is 25.8 Å². The van der Waals surface area contributed by atoms with Crippen molar-refractivity contribution < 1.29 is 28.6 Å². The molecule has 18 heavy (non-hydrogen) atoms. The molecule has 0 radical (unpaired) electrons. The van der Waals surface area contributed by atoms with Gasteiger partial charge in [-0.3, -0.25) is 14.4 Å². The molecule has 2 aliphatic rings. The number of fused-ring (bicyclic) bond motifs is 1. The third-order valence-electron chi connectivity index (χ3n) is 2.84. The molecule has 1 aliphatic carbocycles. The van der Waals surface area contributed by atoms with Crippen molar-refractivity contribution in [2.24, 2.45) is 0 Å². The van der Waals surface area contributed by atoms with Crippen LogP contribution in [0.1, 0.15) is 20.3 Å². The number of rotatable bonds is 3. The second kappa shape index (κ2) is 4.89. The fourth-order valence-electron chi connectivity index (χ4n) is 1.97. The summed E-state index contributed by atoms with van der Waals surface area (Å²) >= 11 is 0. The molecule has 0 N–H and O–H groups in total. The van der Waals surface area contributed by atoms with Gasteiger partial charge in [0.05, 0.1) is 6.10 Å². The summed E-state index contributed by atoms with van der Waals surface area (Å²) in [5.41, 5.74) is 0.542. The van der Waals surface area contributed by atoms with E-state index in [4.69, 9.17) is 14.2 Å². The van der Waals surface area contributed by atoms with Crippen molar-refractivity contribution in [3.05, 3.63) is 11.6 Å². The van der Waals surface area contributed by atoms with Crippen LogP contribution in [0.4, 0.5) is 0 Å². The minimum absolute atomic E-state index is 0.00174. The third kappa shape index (κ3) is 2.59. The van der Waals surface area contributed by atoms with E-state index >= 15 is 0 Å². The molecule has 0 bridgehead atoms. The summed E-state index contributed by atoms with van der Waals surface area (Å²) in [6.07, 6.45) is 0.423. The van der Waals surface area contributed by atoms with Crippen LogP contribution in [0.3, 0.4) is 0 Å². The number of ketones is 1. The Balaban J connectivity index is 2.07. The lowest BCUT2D eigenvalue weighted by atomic mass is 9.83. The van der Waals surface area contributed by atoms with E-state index in [2.05, 4.69) is 0 Å². The van der Waals surface area contributed by atoms with Crippen LogP contribution < -0.4 is 0 Å². The first kappa shape index (κ1) is 12.8. The molecule has 1 aliphatic heterocycles. The fourth-order valence-corrected chi connectivity index (χ4v) is 1.97. The van der Waals surface area contributed by atoms with Gasteiger partial charge >= 0.3 is 11.9 Å². The van der Waals surface area contributed by atoms with Gasteiger partial charge in [-0.1, -0.05) is 0 Å². The van der Waals surface area contributed by atoms with E-state index in [1.54, 1.807) is 6.08 Å². The van der Waals surface area contributed by atoms with Gasteiger partial charge in [0.15, 0.2) is 11.9 Å². The molecule has 1 saturated carbocycles. The molecule has 2 rings (SSSR count). The molecule has 0 unspecified atom stereocenters. The zero-order valence-corrected chi connectivity index (χ0v) is 10.2. The number of carbonyl (C=O) groups excluding carboxylic acids is 3. The van der Waals surface area contributed by atoms with Gasteiger partial charge < -0.3 is 14.2 Å². The lowest BCUT2D eigenvalue weighted by molar-refractivity contribution is -0.169. The van der Waals surface area contributed by atoms with E-state index in [1.807, 2.05) is 0 Å². The minimum atomic E-state index is -0.683. The summed E-state index contributed by atoms with van der Waals surface area (Å²) in [5, 5.41) is 0. The topological polar surface area (TPSA) is 78.9 Å². The number of hydrogen-bond donors (Lipinski definition) is 0. The predicted molar refractivity (Wildman–Crippen MR) is 58.6 cm³/mol. The number of ether oxygens (including phenoxy) is 3. The summed E-state index contributed by atoms with van der Waals surface area (Å²) in [5.74, 6) is -0.902. The van der Waals surface area contributed by atoms with Crippen LogP contribution in [0.25, 0.3) is 0 Å². The van der Waals surface area contributed by atoms with E-state index in [-0.39, 0.29) is 18.5 Å². The maximum atomic E-state index is 11.3. The molecule has 0 amide bonds. The smallest absolute Gasteiger partial charge is 0.303 e. The number of esters is 2. The maximum absolute atomic E-state index is 11.3. The second-order valence-electron chi connectivity index (χ2n) is 4.29. The SMILES string of the molecule is CC(=O)OC[C@H]1O[C@@H]2CC(=O)C2=C[C@@H]1OC(C)=O. The van der Waals surface area contributed by atoms with Crippen LogP contribution >= 0.6 is 0 Å². The van der Waals surface area contributed by atoms with Crippen molar-refractivity contribution in [1.29, 1.82) is 0 Å². The van der Waals surface area contributed by atoms with Gasteiger partial charge in [-0.25, -0.2) is 0 Å². The van der Waals surface area contributed by atoms with Crippen LogP contribution in [0.15, 0.2) is 11.6 Å². The molecule has 0 aromatic rings. The van der Waals surface area contributed by atoms with Gasteiger partial charge in [-0.2, -0.15) is 0 Å². The van der Waals surface area contributed by atoms with Crippen molar-refractivity contribution in [2.75, 3.05) is 6.61 Å². The first-order valence-corrected chi connectivity index (χ1v) is 5.68. The van der Waals surface area contributed by atoms with E-state index in [0.29, 0.717) is 12.0 Å². The van der Waals surface area contributed by atoms with Crippen molar-refractivity contribution in [3.8, 4) is 0 Å². The fraction of sp³-hybridized carbons (Fsp3) is 0.583. The summed E-state index contributed by atoms with van der Waals surface area (Å²) in [4.78, 5) is 33.1. The zero-order valence-electron chi connectivity index (χ0n) is 10.2. The molecule has 3 atom stereocenters. The van der Waals surface area contributed by atoms with Gasteiger partial charge in [-0.05, 0) is 6.08 Å². The molecule has 0 aromatic carbocycles. The number of Topliss-reactive ketones (excluding diaryl/α,β-unsaturated/α-hetero) is 1. The average molecular weight is 254 g/mol. The Hall–Kier alpha value is -1.69. The number of hydrogen-bond acceptors (Lipinski definition) is 6. The molecule has 0 saturated heterocycles. The number of carbonyl (C=O) groups is 3. The van der Waals surface area contributed by atoms with Crippen LogP contribution in [-0.2, 0) is 28.6 Å². The Kier molecular flexibility index (Phi) is 3.47. The molecule has 98 valence electrons. The quantitative estimate of drug-likeness (QED) is 0.667. The molecule has 6 nitrogen and oxygen atoms in total. The third-order valence-corrected chi connectivity index (χ3v) is 2.84. The van der Waals surface area contributed by atoms with Gasteiger partial charge in [-0.15, -0.1) is 0 Å².